The molecule has 166 valence electrons. The second kappa shape index (κ2) is 9.60. The van der Waals surface area contributed by atoms with Crippen molar-refractivity contribution in [1.29, 1.82) is 0 Å². The van der Waals surface area contributed by atoms with Crippen molar-refractivity contribution in [3.63, 3.8) is 0 Å². The lowest BCUT2D eigenvalue weighted by Gasteiger charge is -2.03. The number of aromatic nitrogens is 4. The van der Waals surface area contributed by atoms with Gasteiger partial charge in [0.15, 0.2) is 23.2 Å². The Kier molecular flexibility index (Phi) is 6.45. The Balaban J connectivity index is 1.20. The van der Waals surface area contributed by atoms with Crippen molar-refractivity contribution >= 4 is 16.9 Å². The van der Waals surface area contributed by atoms with Crippen LogP contribution < -0.4 is 10.6 Å². The van der Waals surface area contributed by atoms with E-state index in [9.17, 15) is 18.0 Å². The lowest BCUT2D eigenvalue weighted by molar-refractivity contribution is 0.0945. The monoisotopic (exact) mass is 444 g/mol. The number of rotatable bonds is 9. The lowest BCUT2D eigenvalue weighted by atomic mass is 10.3. The molecule has 0 saturated carbocycles. The summed E-state index contributed by atoms with van der Waals surface area (Å²) in [6.07, 6.45) is 3.60. The zero-order valence-electron chi connectivity index (χ0n) is 16.8. The number of nitrogens with one attached hydrogen (secondary N) is 3. The average molecular weight is 444 g/mol. The molecule has 0 unspecified atom stereocenters. The molecule has 3 N–H and O–H groups in total. The van der Waals surface area contributed by atoms with Gasteiger partial charge in [-0.3, -0.25) is 9.78 Å². The highest BCUT2D eigenvalue weighted by atomic mass is 19.2. The number of halogens is 3. The van der Waals surface area contributed by atoms with E-state index in [-0.39, 0.29) is 23.4 Å². The van der Waals surface area contributed by atoms with Gasteiger partial charge in [0.2, 0.25) is 0 Å². The van der Waals surface area contributed by atoms with Crippen LogP contribution in [0.2, 0.25) is 0 Å². The number of carbonyl (C=O) groups excluding carboxylic acids is 1. The van der Waals surface area contributed by atoms with Crippen molar-refractivity contribution in [3.05, 3.63) is 77.3 Å². The van der Waals surface area contributed by atoms with E-state index in [0.717, 1.165) is 6.07 Å². The molecule has 1 amide bonds. The molecule has 0 radical (unpaired) electrons. The summed E-state index contributed by atoms with van der Waals surface area (Å²) < 4.78 is 45.8. The van der Waals surface area contributed by atoms with Crippen LogP contribution in [0.5, 0.6) is 0 Å². The van der Waals surface area contributed by atoms with Crippen molar-refractivity contribution < 1.29 is 22.4 Å². The first kappa shape index (κ1) is 21.5. The van der Waals surface area contributed by atoms with Gasteiger partial charge in [-0.1, -0.05) is 0 Å². The molecule has 3 heterocycles. The maximum absolute atomic E-state index is 13.7. The molecular weight excluding hydrogens is 425 g/mol. The molecular formula is C21H19F3N6O2. The number of hydrogen-bond donors (Lipinski definition) is 3. The topological polar surface area (TPSA) is 109 Å². The predicted octanol–water partition coefficient (Wildman–Crippen LogP) is 2.67. The number of aromatic amines is 1. The first-order valence-corrected chi connectivity index (χ1v) is 9.86. The molecule has 0 fully saturated rings. The number of hydrogen-bond acceptors (Lipinski definition) is 6. The van der Waals surface area contributed by atoms with Crippen molar-refractivity contribution in [3.8, 4) is 0 Å². The third kappa shape index (κ3) is 4.94. The second-order valence-corrected chi connectivity index (χ2v) is 6.93. The third-order valence-corrected chi connectivity index (χ3v) is 4.68. The Morgan fingerprint density at radius 1 is 1.06 bits per heavy atom. The van der Waals surface area contributed by atoms with E-state index in [0.29, 0.717) is 43.2 Å². The van der Waals surface area contributed by atoms with Crippen LogP contribution in [0.15, 0.2) is 41.1 Å². The molecule has 0 bridgehead atoms. The number of nitrogens with zero attached hydrogens (tertiary/aromatic N) is 3. The van der Waals surface area contributed by atoms with Crippen LogP contribution in [0.4, 0.5) is 13.2 Å². The van der Waals surface area contributed by atoms with Crippen LogP contribution in [0.3, 0.4) is 0 Å². The Bertz CT molecular complexity index is 1240. The summed E-state index contributed by atoms with van der Waals surface area (Å²) in [6, 6.07) is 5.23. The lowest BCUT2D eigenvalue weighted by Crippen LogP contribution is -2.24. The van der Waals surface area contributed by atoms with Gasteiger partial charge in [0, 0.05) is 32.1 Å². The van der Waals surface area contributed by atoms with E-state index in [1.165, 1.54) is 30.7 Å². The highest BCUT2D eigenvalue weighted by molar-refractivity contribution is 5.91. The minimum Gasteiger partial charge on any atom is -0.448 e. The Morgan fingerprint density at radius 2 is 1.91 bits per heavy atom. The number of oxazole rings is 1. The zero-order valence-corrected chi connectivity index (χ0v) is 16.8. The molecule has 0 aliphatic carbocycles. The number of fused-ring (bicyclic) bond motifs is 1. The molecule has 4 rings (SSSR count). The van der Waals surface area contributed by atoms with Crippen LogP contribution >= 0.6 is 0 Å². The highest BCUT2D eigenvalue weighted by Crippen LogP contribution is 2.18. The summed E-state index contributed by atoms with van der Waals surface area (Å²) in [6.45, 7) is 0.991. The summed E-state index contributed by atoms with van der Waals surface area (Å²) in [5.41, 5.74) is 0.644. The van der Waals surface area contributed by atoms with Crippen molar-refractivity contribution in [1.82, 2.24) is 30.6 Å². The molecule has 0 saturated heterocycles. The number of benzene rings is 1. The second-order valence-electron chi connectivity index (χ2n) is 6.93. The van der Waals surface area contributed by atoms with Gasteiger partial charge < -0.3 is 20.0 Å². The van der Waals surface area contributed by atoms with E-state index in [4.69, 9.17) is 4.42 Å². The summed E-state index contributed by atoms with van der Waals surface area (Å²) in [4.78, 5) is 27.2. The number of carbonyl (C=O) groups is 1. The standard InChI is InChI=1S/C21H19F3N6O2/c22-12-2-1-7-26-15(12)10-27-21(31)16-11-32-18(29-16)6-9-25-8-5-17-28-14-4-3-13(23)19(24)20(14)30-17/h1-4,7,11,25H,5-6,8-10H2,(H,27,31)(H,28,30). The van der Waals surface area contributed by atoms with Gasteiger partial charge in [0.25, 0.3) is 5.91 Å². The van der Waals surface area contributed by atoms with E-state index in [1.807, 2.05) is 0 Å². The zero-order chi connectivity index (χ0) is 22.5. The fraction of sp³-hybridized carbons (Fsp3) is 0.238. The molecule has 3 aromatic heterocycles. The minimum absolute atomic E-state index is 0.0172. The Labute approximate surface area is 180 Å². The normalized spacial score (nSPS) is 11.2. The predicted molar refractivity (Wildman–Crippen MR) is 108 cm³/mol. The molecule has 11 heteroatoms. The highest BCUT2D eigenvalue weighted by Gasteiger charge is 2.14. The van der Waals surface area contributed by atoms with Crippen LogP contribution in [0, 0.1) is 17.5 Å². The summed E-state index contributed by atoms with van der Waals surface area (Å²) in [5, 5.41) is 5.71. The van der Waals surface area contributed by atoms with Crippen LogP contribution in [-0.2, 0) is 19.4 Å². The smallest absolute Gasteiger partial charge is 0.273 e. The number of pyridine rings is 1. The minimum atomic E-state index is -0.966. The third-order valence-electron chi connectivity index (χ3n) is 4.68. The van der Waals surface area contributed by atoms with E-state index < -0.39 is 23.4 Å². The molecule has 32 heavy (non-hydrogen) atoms. The number of H-pyrrole nitrogens is 1. The SMILES string of the molecule is O=C(NCc1ncccc1F)c1coc(CCNCCc2nc3c(F)c(F)ccc3[nH]2)n1. The van der Waals surface area contributed by atoms with E-state index in [2.05, 4.69) is 30.6 Å². The Morgan fingerprint density at radius 3 is 2.75 bits per heavy atom. The summed E-state index contributed by atoms with van der Waals surface area (Å²) in [5.74, 6) is -1.99. The van der Waals surface area contributed by atoms with Crippen LogP contribution in [-0.4, -0.2) is 38.9 Å². The Hall–Kier alpha value is -3.73. The van der Waals surface area contributed by atoms with Crippen molar-refractivity contribution in [2.45, 2.75) is 19.4 Å². The van der Waals surface area contributed by atoms with Gasteiger partial charge in [-0.15, -0.1) is 0 Å². The summed E-state index contributed by atoms with van der Waals surface area (Å²) >= 11 is 0. The largest absolute Gasteiger partial charge is 0.448 e. The molecule has 0 atom stereocenters. The molecule has 0 aliphatic rings. The van der Waals surface area contributed by atoms with Crippen molar-refractivity contribution in [2.24, 2.45) is 0 Å². The van der Waals surface area contributed by atoms with Gasteiger partial charge in [-0.05, 0) is 24.3 Å². The fourth-order valence-electron chi connectivity index (χ4n) is 3.05. The van der Waals surface area contributed by atoms with Gasteiger partial charge in [0.1, 0.15) is 23.4 Å². The average Bonchev–Trinajstić information content (AvgIpc) is 3.43. The van der Waals surface area contributed by atoms with Crippen LogP contribution in [0.25, 0.3) is 11.0 Å². The van der Waals surface area contributed by atoms with Crippen LogP contribution in [0.1, 0.15) is 27.9 Å². The first-order valence-electron chi connectivity index (χ1n) is 9.86. The quantitative estimate of drug-likeness (QED) is 0.343. The van der Waals surface area contributed by atoms with Gasteiger partial charge >= 0.3 is 0 Å². The van der Waals surface area contributed by atoms with Crippen molar-refractivity contribution in [2.75, 3.05) is 13.1 Å². The molecule has 0 aliphatic heterocycles. The maximum atomic E-state index is 13.7. The maximum Gasteiger partial charge on any atom is 0.273 e. The number of amides is 1. The molecule has 1 aromatic carbocycles. The van der Waals surface area contributed by atoms with Gasteiger partial charge in [0.05, 0.1) is 17.8 Å². The molecule has 0 spiro atoms. The van der Waals surface area contributed by atoms with E-state index >= 15 is 0 Å². The first-order chi connectivity index (χ1) is 15.5. The molecule has 8 nitrogen and oxygen atoms in total. The van der Waals surface area contributed by atoms with Gasteiger partial charge in [-0.2, -0.15) is 0 Å². The van der Waals surface area contributed by atoms with Gasteiger partial charge in [-0.25, -0.2) is 23.1 Å². The van der Waals surface area contributed by atoms with E-state index in [1.54, 1.807) is 0 Å². The number of imidazole rings is 1. The molecule has 4 aromatic rings. The fourth-order valence-corrected chi connectivity index (χ4v) is 3.05. The summed E-state index contributed by atoms with van der Waals surface area (Å²) in [7, 11) is 0.